The lowest BCUT2D eigenvalue weighted by molar-refractivity contribution is -0.146. The number of ether oxygens (including phenoxy) is 1. The van der Waals surface area contributed by atoms with Crippen molar-refractivity contribution in [3.8, 4) is 0 Å². The monoisotopic (exact) mass is 459 g/mol. The molecule has 1 aromatic carbocycles. The zero-order valence-electron chi connectivity index (χ0n) is 19.4. The highest BCUT2D eigenvalue weighted by Gasteiger charge is 2.29. The Hall–Kier alpha value is -1.79. The van der Waals surface area contributed by atoms with Gasteiger partial charge in [0, 0.05) is 19.0 Å². The van der Waals surface area contributed by atoms with Crippen LogP contribution in [0.4, 0.5) is 0 Å². The minimum Gasteiger partial charge on any atom is -0.462 e. The molecule has 0 bridgehead atoms. The van der Waals surface area contributed by atoms with Crippen LogP contribution >= 0.6 is 11.8 Å². The molecule has 3 rings (SSSR count). The van der Waals surface area contributed by atoms with Crippen LogP contribution in [0, 0.1) is 0 Å². The zero-order chi connectivity index (χ0) is 22.9. The minimum atomic E-state index is -0.376. The zero-order valence-corrected chi connectivity index (χ0v) is 20.2. The maximum absolute atomic E-state index is 12.6. The number of esters is 1. The van der Waals surface area contributed by atoms with Crippen molar-refractivity contribution < 1.29 is 19.4 Å². The fourth-order valence-electron chi connectivity index (χ4n) is 4.53. The lowest BCUT2D eigenvalue weighted by atomic mass is 9.94. The molecule has 1 saturated heterocycles. The van der Waals surface area contributed by atoms with Crippen LogP contribution in [-0.2, 0) is 20.7 Å². The van der Waals surface area contributed by atoms with Crippen LogP contribution in [0.25, 0.3) is 0 Å². The maximum Gasteiger partial charge on any atom is 0.319 e. The third kappa shape index (κ3) is 7.66. The Kier molecular flexibility index (Phi) is 9.67. The van der Waals surface area contributed by atoms with Crippen LogP contribution in [-0.4, -0.2) is 51.9 Å². The van der Waals surface area contributed by atoms with Gasteiger partial charge in [0.15, 0.2) is 0 Å². The summed E-state index contributed by atoms with van der Waals surface area (Å²) in [6.07, 6.45) is 9.02. The standard InChI is InChI=1S/C26H37NO4S/c1-19(2)31-26(30)24-16-15-23(32-24)11-7-17-27-21(10-6-12-25(27)29)13-14-22(28)18-20-8-4-3-5-9-20/h3-5,8-9,15,19,21-22,24,28H,6-7,10-14,16-18H2,1-2H3/t21-,22-,24?/m1/s1. The van der Waals surface area contributed by atoms with E-state index in [9.17, 15) is 14.7 Å². The van der Waals surface area contributed by atoms with Gasteiger partial charge in [-0.05, 0) is 75.7 Å². The maximum atomic E-state index is 12.6. The molecule has 0 saturated carbocycles. The molecular formula is C26H37NO4S. The Balaban J connectivity index is 1.41. The summed E-state index contributed by atoms with van der Waals surface area (Å²) in [6.45, 7) is 4.49. The van der Waals surface area contributed by atoms with Crippen molar-refractivity contribution in [3.05, 3.63) is 46.9 Å². The first-order valence-corrected chi connectivity index (χ1v) is 12.9. The third-order valence-electron chi connectivity index (χ3n) is 6.13. The van der Waals surface area contributed by atoms with Crippen LogP contribution < -0.4 is 0 Å². The van der Waals surface area contributed by atoms with Crippen LogP contribution in [0.15, 0.2) is 41.3 Å². The smallest absolute Gasteiger partial charge is 0.319 e. The highest BCUT2D eigenvalue weighted by atomic mass is 32.2. The summed E-state index contributed by atoms with van der Waals surface area (Å²) in [5.41, 5.74) is 1.15. The molecule has 2 heterocycles. The second kappa shape index (κ2) is 12.4. The first-order valence-electron chi connectivity index (χ1n) is 12.0. The molecule has 1 fully saturated rings. The third-order valence-corrected chi connectivity index (χ3v) is 7.47. The predicted octanol–water partition coefficient (Wildman–Crippen LogP) is 4.87. The Morgan fingerprint density at radius 1 is 1.28 bits per heavy atom. The quantitative estimate of drug-likeness (QED) is 0.478. The summed E-state index contributed by atoms with van der Waals surface area (Å²) in [6, 6.07) is 10.3. The first kappa shape index (κ1) is 24.8. The Morgan fingerprint density at radius 2 is 2.06 bits per heavy atom. The fourth-order valence-corrected chi connectivity index (χ4v) is 5.69. The molecule has 5 nitrogen and oxygen atoms in total. The van der Waals surface area contributed by atoms with Crippen LogP contribution in [0.1, 0.15) is 70.8 Å². The number of carbonyl (C=O) groups excluding carboxylic acids is 2. The molecule has 0 radical (unpaired) electrons. The molecule has 0 aliphatic carbocycles. The number of likely N-dealkylation sites (tertiary alicyclic amines) is 1. The second-order valence-electron chi connectivity index (χ2n) is 9.16. The summed E-state index contributed by atoms with van der Waals surface area (Å²) in [5.74, 6) is 0.113. The SMILES string of the molecule is CC(C)OC(=O)C1CC=C(CCCN2C(=O)CCC[C@@H]2CC[C@@H](O)Cc2ccccc2)S1. The number of thioether (sulfide) groups is 1. The number of hydrogen-bond acceptors (Lipinski definition) is 5. The second-order valence-corrected chi connectivity index (χ2v) is 10.5. The fraction of sp³-hybridized carbons (Fsp3) is 0.615. The average molecular weight is 460 g/mol. The molecule has 0 aromatic heterocycles. The number of rotatable bonds is 11. The van der Waals surface area contributed by atoms with Crippen molar-refractivity contribution in [3.63, 3.8) is 0 Å². The van der Waals surface area contributed by atoms with Crippen LogP contribution in [0.5, 0.6) is 0 Å². The highest BCUT2D eigenvalue weighted by Crippen LogP contribution is 2.36. The van der Waals surface area contributed by atoms with E-state index in [1.54, 1.807) is 11.8 Å². The van der Waals surface area contributed by atoms with Crippen molar-refractivity contribution >= 4 is 23.6 Å². The number of piperidine rings is 1. The van der Waals surface area contributed by atoms with E-state index >= 15 is 0 Å². The van der Waals surface area contributed by atoms with Crippen molar-refractivity contribution in [1.29, 1.82) is 0 Å². The number of benzene rings is 1. The van der Waals surface area contributed by atoms with Crippen LogP contribution in [0.2, 0.25) is 0 Å². The van der Waals surface area contributed by atoms with Gasteiger partial charge in [-0.25, -0.2) is 0 Å². The van der Waals surface area contributed by atoms with Gasteiger partial charge in [-0.1, -0.05) is 36.4 Å². The molecule has 1 N–H and O–H groups in total. The Bertz CT molecular complexity index is 779. The molecule has 1 aromatic rings. The summed E-state index contributed by atoms with van der Waals surface area (Å²) in [7, 11) is 0. The lowest BCUT2D eigenvalue weighted by Gasteiger charge is -2.36. The molecule has 1 amide bonds. The lowest BCUT2D eigenvalue weighted by Crippen LogP contribution is -2.44. The van der Waals surface area contributed by atoms with Crippen molar-refractivity contribution in [2.24, 2.45) is 0 Å². The normalized spacial score (nSPS) is 22.2. The summed E-state index contributed by atoms with van der Waals surface area (Å²) >= 11 is 1.61. The topological polar surface area (TPSA) is 66.8 Å². The summed E-state index contributed by atoms with van der Waals surface area (Å²) < 4.78 is 5.33. The van der Waals surface area contributed by atoms with E-state index in [0.717, 1.165) is 50.6 Å². The number of hydrogen-bond donors (Lipinski definition) is 1. The molecule has 0 spiro atoms. The van der Waals surface area contributed by atoms with Crippen LogP contribution in [0.3, 0.4) is 0 Å². The van der Waals surface area contributed by atoms with Gasteiger partial charge in [0.2, 0.25) is 5.91 Å². The molecule has 32 heavy (non-hydrogen) atoms. The molecule has 2 aliphatic rings. The predicted molar refractivity (Wildman–Crippen MR) is 129 cm³/mol. The molecule has 176 valence electrons. The van der Waals surface area contributed by atoms with E-state index in [0.29, 0.717) is 19.3 Å². The van der Waals surface area contributed by atoms with Gasteiger partial charge >= 0.3 is 5.97 Å². The van der Waals surface area contributed by atoms with Crippen molar-refractivity contribution in [2.45, 2.75) is 95.1 Å². The van der Waals surface area contributed by atoms with Crippen molar-refractivity contribution in [2.75, 3.05) is 6.54 Å². The number of amides is 1. The first-order chi connectivity index (χ1) is 15.4. The Morgan fingerprint density at radius 3 is 2.81 bits per heavy atom. The van der Waals surface area contributed by atoms with Gasteiger partial charge in [-0.2, -0.15) is 0 Å². The largest absolute Gasteiger partial charge is 0.462 e. The number of carbonyl (C=O) groups is 2. The van der Waals surface area contributed by atoms with Gasteiger partial charge in [-0.3, -0.25) is 9.59 Å². The number of allylic oxidation sites excluding steroid dienone is 2. The number of aliphatic hydroxyl groups is 1. The summed E-state index contributed by atoms with van der Waals surface area (Å²) in [4.78, 5) is 28.0. The highest BCUT2D eigenvalue weighted by molar-refractivity contribution is 8.04. The van der Waals surface area contributed by atoms with E-state index in [-0.39, 0.29) is 35.4 Å². The summed E-state index contributed by atoms with van der Waals surface area (Å²) in [5, 5.41) is 10.4. The van der Waals surface area contributed by atoms with Gasteiger partial charge in [0.05, 0.1) is 12.2 Å². The van der Waals surface area contributed by atoms with Gasteiger partial charge in [-0.15, -0.1) is 11.8 Å². The van der Waals surface area contributed by atoms with E-state index < -0.39 is 0 Å². The molecular weight excluding hydrogens is 422 g/mol. The van der Waals surface area contributed by atoms with Crippen molar-refractivity contribution in [1.82, 2.24) is 4.90 Å². The number of nitrogens with zero attached hydrogens (tertiary/aromatic N) is 1. The molecule has 6 heteroatoms. The molecule has 1 unspecified atom stereocenters. The molecule has 3 atom stereocenters. The van der Waals surface area contributed by atoms with Gasteiger partial charge in [0.25, 0.3) is 0 Å². The van der Waals surface area contributed by atoms with Gasteiger partial charge < -0.3 is 14.7 Å². The minimum absolute atomic E-state index is 0.0830. The molecule has 2 aliphatic heterocycles. The van der Waals surface area contributed by atoms with E-state index in [4.69, 9.17) is 4.74 Å². The van der Waals surface area contributed by atoms with Gasteiger partial charge in [0.1, 0.15) is 5.25 Å². The number of aliphatic hydroxyl groups excluding tert-OH is 1. The van der Waals surface area contributed by atoms with E-state index in [1.165, 1.54) is 4.91 Å². The Labute approximate surface area is 196 Å². The van der Waals surface area contributed by atoms with E-state index in [2.05, 4.69) is 6.08 Å². The van der Waals surface area contributed by atoms with E-state index in [1.807, 2.05) is 49.1 Å². The average Bonchev–Trinajstić information content (AvgIpc) is 3.23.